The Morgan fingerprint density at radius 3 is 2.69 bits per heavy atom. The number of hydrogen-bond acceptors (Lipinski definition) is 2. The molecule has 2 nitrogen and oxygen atoms in total. The molecule has 1 aromatic rings. The van der Waals surface area contributed by atoms with E-state index in [1.807, 2.05) is 26.0 Å². The molecule has 0 aromatic heterocycles. The normalized spacial score (nSPS) is 12.6. The van der Waals surface area contributed by atoms with Crippen molar-refractivity contribution in [3.8, 4) is 5.75 Å². The Morgan fingerprint density at radius 1 is 1.44 bits per heavy atom. The molecule has 0 aliphatic carbocycles. The number of ether oxygens (including phenoxy) is 1. The van der Waals surface area contributed by atoms with E-state index in [1.54, 1.807) is 0 Å². The standard InChI is InChI=1S/C13H20ClNO/c1-4-5-16-13-9(2)6-12(14)8-11(13)7-10(3)15/h6,8,10H,4-5,7,15H2,1-3H3. The van der Waals surface area contributed by atoms with Gasteiger partial charge in [-0.25, -0.2) is 0 Å². The minimum Gasteiger partial charge on any atom is -0.493 e. The molecule has 3 heteroatoms. The second-order valence-electron chi connectivity index (χ2n) is 4.24. The molecule has 0 bridgehead atoms. The van der Waals surface area contributed by atoms with Crippen molar-refractivity contribution in [3.63, 3.8) is 0 Å². The summed E-state index contributed by atoms with van der Waals surface area (Å²) in [4.78, 5) is 0. The predicted molar refractivity (Wildman–Crippen MR) is 69.3 cm³/mol. The van der Waals surface area contributed by atoms with Crippen molar-refractivity contribution >= 4 is 11.6 Å². The molecule has 2 N–H and O–H groups in total. The first-order chi connectivity index (χ1) is 7.54. The van der Waals surface area contributed by atoms with Gasteiger partial charge in [-0.15, -0.1) is 0 Å². The van der Waals surface area contributed by atoms with E-state index < -0.39 is 0 Å². The SMILES string of the molecule is CCCOc1c(C)cc(Cl)cc1CC(C)N. The highest BCUT2D eigenvalue weighted by Gasteiger charge is 2.10. The first-order valence-electron chi connectivity index (χ1n) is 5.72. The Labute approximate surface area is 103 Å². The van der Waals surface area contributed by atoms with Crippen LogP contribution in [0.1, 0.15) is 31.4 Å². The van der Waals surface area contributed by atoms with Crippen molar-refractivity contribution in [2.24, 2.45) is 5.73 Å². The summed E-state index contributed by atoms with van der Waals surface area (Å²) in [5, 5.41) is 0.747. The summed E-state index contributed by atoms with van der Waals surface area (Å²) in [5.74, 6) is 0.948. The fourth-order valence-electron chi connectivity index (χ4n) is 1.71. The van der Waals surface area contributed by atoms with E-state index in [-0.39, 0.29) is 6.04 Å². The van der Waals surface area contributed by atoms with Crippen LogP contribution in [0.15, 0.2) is 12.1 Å². The fraction of sp³-hybridized carbons (Fsp3) is 0.538. The largest absolute Gasteiger partial charge is 0.493 e. The molecule has 16 heavy (non-hydrogen) atoms. The number of aryl methyl sites for hydroxylation is 1. The minimum atomic E-state index is 0.113. The monoisotopic (exact) mass is 241 g/mol. The van der Waals surface area contributed by atoms with Gasteiger partial charge < -0.3 is 10.5 Å². The van der Waals surface area contributed by atoms with Gasteiger partial charge in [-0.2, -0.15) is 0 Å². The second kappa shape index (κ2) is 6.12. The maximum Gasteiger partial charge on any atom is 0.125 e. The van der Waals surface area contributed by atoms with E-state index in [1.165, 1.54) is 0 Å². The first kappa shape index (κ1) is 13.3. The fourth-order valence-corrected chi connectivity index (χ4v) is 2.00. The van der Waals surface area contributed by atoms with Crippen molar-refractivity contribution in [2.45, 2.75) is 39.7 Å². The lowest BCUT2D eigenvalue weighted by atomic mass is 10.0. The van der Waals surface area contributed by atoms with Crippen LogP contribution in [-0.4, -0.2) is 12.6 Å². The molecule has 90 valence electrons. The molecule has 0 heterocycles. The molecule has 0 aliphatic rings. The van der Waals surface area contributed by atoms with E-state index in [4.69, 9.17) is 22.1 Å². The third-order valence-corrected chi connectivity index (χ3v) is 2.53. The van der Waals surface area contributed by atoms with Crippen molar-refractivity contribution in [1.29, 1.82) is 0 Å². The molecular formula is C13H20ClNO. The van der Waals surface area contributed by atoms with Crippen LogP contribution in [0.3, 0.4) is 0 Å². The van der Waals surface area contributed by atoms with E-state index in [0.717, 1.165) is 41.3 Å². The summed E-state index contributed by atoms with van der Waals surface area (Å²) in [5.41, 5.74) is 8.01. The van der Waals surface area contributed by atoms with Crippen molar-refractivity contribution in [3.05, 3.63) is 28.3 Å². The summed E-state index contributed by atoms with van der Waals surface area (Å²) in [6.45, 7) is 6.83. The molecule has 1 aromatic carbocycles. The van der Waals surface area contributed by atoms with Gasteiger partial charge in [0.1, 0.15) is 5.75 Å². The Balaban J connectivity index is 3.00. The van der Waals surface area contributed by atoms with Crippen molar-refractivity contribution in [2.75, 3.05) is 6.61 Å². The third kappa shape index (κ3) is 3.69. The van der Waals surface area contributed by atoms with Gasteiger partial charge in [0.2, 0.25) is 0 Å². The molecule has 0 spiro atoms. The summed E-state index contributed by atoms with van der Waals surface area (Å²) < 4.78 is 5.76. The zero-order valence-electron chi connectivity index (χ0n) is 10.2. The zero-order valence-corrected chi connectivity index (χ0v) is 11.0. The van der Waals surface area contributed by atoms with E-state index in [9.17, 15) is 0 Å². The van der Waals surface area contributed by atoms with Crippen molar-refractivity contribution in [1.82, 2.24) is 0 Å². The minimum absolute atomic E-state index is 0.113. The average Bonchev–Trinajstić information content (AvgIpc) is 2.15. The van der Waals surface area contributed by atoms with Crippen LogP contribution >= 0.6 is 11.6 Å². The van der Waals surface area contributed by atoms with Gasteiger partial charge >= 0.3 is 0 Å². The highest BCUT2D eigenvalue weighted by Crippen LogP contribution is 2.28. The van der Waals surface area contributed by atoms with Crippen LogP contribution in [0.2, 0.25) is 5.02 Å². The zero-order chi connectivity index (χ0) is 12.1. The number of halogens is 1. The number of rotatable bonds is 5. The molecule has 1 atom stereocenters. The van der Waals surface area contributed by atoms with Crippen LogP contribution in [0.4, 0.5) is 0 Å². The molecule has 0 radical (unpaired) electrons. The van der Waals surface area contributed by atoms with Crippen molar-refractivity contribution < 1.29 is 4.74 Å². The van der Waals surface area contributed by atoms with Gasteiger partial charge in [-0.1, -0.05) is 18.5 Å². The topological polar surface area (TPSA) is 35.2 Å². The van der Waals surface area contributed by atoms with Crippen LogP contribution in [0, 0.1) is 6.92 Å². The molecule has 1 rings (SSSR count). The molecule has 1 unspecified atom stereocenters. The first-order valence-corrected chi connectivity index (χ1v) is 6.09. The Hall–Kier alpha value is -0.730. The summed E-state index contributed by atoms with van der Waals surface area (Å²) >= 11 is 6.04. The van der Waals surface area contributed by atoms with Gasteiger partial charge in [0.15, 0.2) is 0 Å². The maximum atomic E-state index is 6.04. The molecule has 0 saturated carbocycles. The predicted octanol–water partition coefficient (Wildman–Crippen LogP) is 3.33. The lowest BCUT2D eigenvalue weighted by Gasteiger charge is -2.15. The highest BCUT2D eigenvalue weighted by atomic mass is 35.5. The van der Waals surface area contributed by atoms with Gasteiger partial charge in [-0.3, -0.25) is 0 Å². The van der Waals surface area contributed by atoms with Gasteiger partial charge in [0.05, 0.1) is 6.61 Å². The van der Waals surface area contributed by atoms with Gasteiger partial charge in [-0.05, 0) is 49.9 Å². The quantitative estimate of drug-likeness (QED) is 0.858. The van der Waals surface area contributed by atoms with Crippen LogP contribution in [-0.2, 0) is 6.42 Å². The maximum absolute atomic E-state index is 6.04. The highest BCUT2D eigenvalue weighted by molar-refractivity contribution is 6.30. The molecule has 0 aliphatic heterocycles. The number of hydrogen-bond donors (Lipinski definition) is 1. The third-order valence-electron chi connectivity index (χ3n) is 2.31. The van der Waals surface area contributed by atoms with E-state index in [0.29, 0.717) is 0 Å². The molecule has 0 fully saturated rings. The lowest BCUT2D eigenvalue weighted by molar-refractivity contribution is 0.311. The second-order valence-corrected chi connectivity index (χ2v) is 4.68. The molecular weight excluding hydrogens is 222 g/mol. The molecule has 0 saturated heterocycles. The van der Waals surface area contributed by atoms with Crippen LogP contribution in [0.25, 0.3) is 0 Å². The van der Waals surface area contributed by atoms with Gasteiger partial charge in [0, 0.05) is 11.1 Å². The van der Waals surface area contributed by atoms with Gasteiger partial charge in [0.25, 0.3) is 0 Å². The van der Waals surface area contributed by atoms with E-state index >= 15 is 0 Å². The Morgan fingerprint density at radius 2 is 2.12 bits per heavy atom. The Bertz CT molecular complexity index is 350. The summed E-state index contributed by atoms with van der Waals surface area (Å²) in [7, 11) is 0. The summed E-state index contributed by atoms with van der Waals surface area (Å²) in [6.07, 6.45) is 1.79. The van der Waals surface area contributed by atoms with Crippen LogP contribution in [0.5, 0.6) is 5.75 Å². The lowest BCUT2D eigenvalue weighted by Crippen LogP contribution is -2.18. The number of benzene rings is 1. The van der Waals surface area contributed by atoms with Crippen LogP contribution < -0.4 is 10.5 Å². The summed E-state index contributed by atoms with van der Waals surface area (Å²) in [6, 6.07) is 3.99. The smallest absolute Gasteiger partial charge is 0.125 e. The van der Waals surface area contributed by atoms with E-state index in [2.05, 4.69) is 6.92 Å². The molecule has 0 amide bonds. The average molecular weight is 242 g/mol. The number of nitrogens with two attached hydrogens (primary N) is 1. The Kier molecular flexibility index (Phi) is 5.10.